The van der Waals surface area contributed by atoms with E-state index in [0.29, 0.717) is 19.7 Å². The smallest absolute Gasteiger partial charge is 0.246 e. The maximum Gasteiger partial charge on any atom is 0.246 e. The molecule has 1 fully saturated rings. The molecular weight excluding hydrogens is 226 g/mol. The van der Waals surface area contributed by atoms with Gasteiger partial charge in [-0.1, -0.05) is 29.8 Å². The van der Waals surface area contributed by atoms with Gasteiger partial charge >= 0.3 is 0 Å². The highest BCUT2D eigenvalue weighted by atomic mass is 16.5. The summed E-state index contributed by atoms with van der Waals surface area (Å²) in [5.74, 6) is 0.0609. The number of hydrogen-bond acceptors (Lipinski definition) is 2. The van der Waals surface area contributed by atoms with E-state index in [2.05, 4.69) is 0 Å². The lowest BCUT2D eigenvalue weighted by Gasteiger charge is -2.30. The first-order valence-electron chi connectivity index (χ1n) is 6.30. The Hall–Kier alpha value is -1.61. The molecule has 0 spiro atoms. The van der Waals surface area contributed by atoms with Crippen LogP contribution < -0.4 is 0 Å². The van der Waals surface area contributed by atoms with Crippen LogP contribution in [0.15, 0.2) is 30.3 Å². The van der Waals surface area contributed by atoms with Crippen LogP contribution in [0.1, 0.15) is 18.1 Å². The van der Waals surface area contributed by atoms with E-state index in [1.165, 1.54) is 5.56 Å². The Balaban J connectivity index is 1.96. The summed E-state index contributed by atoms with van der Waals surface area (Å²) in [6, 6.07) is 8.12. The van der Waals surface area contributed by atoms with E-state index in [4.69, 9.17) is 4.74 Å². The van der Waals surface area contributed by atoms with Crippen molar-refractivity contribution < 1.29 is 9.53 Å². The largest absolute Gasteiger partial charge is 0.375 e. The molecule has 0 aromatic heterocycles. The van der Waals surface area contributed by atoms with Crippen molar-refractivity contribution >= 4 is 12.0 Å². The number of aryl methyl sites for hydroxylation is 1. The van der Waals surface area contributed by atoms with Crippen molar-refractivity contribution in [3.05, 3.63) is 41.5 Å². The minimum absolute atomic E-state index is 0.0609. The molecule has 1 atom stereocenters. The van der Waals surface area contributed by atoms with E-state index >= 15 is 0 Å². The first-order chi connectivity index (χ1) is 8.65. The lowest BCUT2D eigenvalue weighted by atomic mass is 10.1. The predicted molar refractivity (Wildman–Crippen MR) is 72.2 cm³/mol. The van der Waals surface area contributed by atoms with Gasteiger partial charge in [0, 0.05) is 19.2 Å². The van der Waals surface area contributed by atoms with Crippen molar-refractivity contribution in [2.75, 3.05) is 19.7 Å². The Morgan fingerprint density at radius 3 is 2.78 bits per heavy atom. The zero-order chi connectivity index (χ0) is 13.0. The van der Waals surface area contributed by atoms with Crippen molar-refractivity contribution in [3.63, 3.8) is 0 Å². The van der Waals surface area contributed by atoms with Crippen LogP contribution in [0.4, 0.5) is 0 Å². The Morgan fingerprint density at radius 1 is 1.39 bits per heavy atom. The summed E-state index contributed by atoms with van der Waals surface area (Å²) in [6.45, 7) is 6.03. The quantitative estimate of drug-likeness (QED) is 0.748. The number of rotatable bonds is 2. The Bertz CT molecular complexity index is 436. The highest BCUT2D eigenvalue weighted by molar-refractivity contribution is 5.91. The fourth-order valence-electron chi connectivity index (χ4n) is 1.97. The summed E-state index contributed by atoms with van der Waals surface area (Å²) < 4.78 is 5.42. The first-order valence-corrected chi connectivity index (χ1v) is 6.30. The number of carbonyl (C=O) groups is 1. The van der Waals surface area contributed by atoms with Crippen molar-refractivity contribution in [1.29, 1.82) is 0 Å². The minimum Gasteiger partial charge on any atom is -0.375 e. The van der Waals surface area contributed by atoms with E-state index in [0.717, 1.165) is 5.56 Å². The lowest BCUT2D eigenvalue weighted by Crippen LogP contribution is -2.43. The van der Waals surface area contributed by atoms with E-state index in [1.54, 1.807) is 6.08 Å². The molecule has 18 heavy (non-hydrogen) atoms. The molecule has 1 saturated heterocycles. The highest BCUT2D eigenvalue weighted by Crippen LogP contribution is 2.08. The van der Waals surface area contributed by atoms with Crippen molar-refractivity contribution in [1.82, 2.24) is 4.90 Å². The monoisotopic (exact) mass is 245 g/mol. The average Bonchev–Trinajstić information content (AvgIpc) is 2.38. The summed E-state index contributed by atoms with van der Waals surface area (Å²) in [6.07, 6.45) is 3.64. The second-order valence-corrected chi connectivity index (χ2v) is 4.71. The van der Waals surface area contributed by atoms with Crippen LogP contribution in [0, 0.1) is 6.92 Å². The molecule has 0 saturated carbocycles. The number of benzene rings is 1. The molecule has 2 rings (SSSR count). The fourth-order valence-corrected chi connectivity index (χ4v) is 1.97. The van der Waals surface area contributed by atoms with Crippen LogP contribution in [-0.4, -0.2) is 36.6 Å². The molecule has 0 N–H and O–H groups in total. The number of nitrogens with zero attached hydrogens (tertiary/aromatic N) is 1. The van der Waals surface area contributed by atoms with Crippen molar-refractivity contribution in [2.45, 2.75) is 20.0 Å². The van der Waals surface area contributed by atoms with E-state index in [9.17, 15) is 4.79 Å². The number of morpholine rings is 1. The summed E-state index contributed by atoms with van der Waals surface area (Å²) in [5.41, 5.74) is 2.27. The molecule has 1 aromatic carbocycles. The van der Waals surface area contributed by atoms with Crippen LogP contribution in [0.2, 0.25) is 0 Å². The van der Waals surface area contributed by atoms with Crippen LogP contribution >= 0.6 is 0 Å². The molecular formula is C15H19NO2. The van der Waals surface area contributed by atoms with Gasteiger partial charge in [0.15, 0.2) is 0 Å². The van der Waals surface area contributed by atoms with Gasteiger partial charge in [0.05, 0.1) is 12.7 Å². The normalized spacial score (nSPS) is 20.3. The molecule has 1 aliphatic heterocycles. The lowest BCUT2D eigenvalue weighted by molar-refractivity contribution is -0.132. The van der Waals surface area contributed by atoms with Gasteiger partial charge in [0.25, 0.3) is 0 Å². The van der Waals surface area contributed by atoms with Gasteiger partial charge in [-0.2, -0.15) is 0 Å². The molecule has 1 aliphatic rings. The number of carbonyl (C=O) groups excluding carboxylic acids is 1. The zero-order valence-corrected chi connectivity index (χ0v) is 10.9. The van der Waals surface area contributed by atoms with E-state index in [-0.39, 0.29) is 12.0 Å². The van der Waals surface area contributed by atoms with Crippen LogP contribution in [-0.2, 0) is 9.53 Å². The second kappa shape index (κ2) is 5.83. The second-order valence-electron chi connectivity index (χ2n) is 4.71. The molecule has 1 amide bonds. The molecule has 0 bridgehead atoms. The summed E-state index contributed by atoms with van der Waals surface area (Å²) in [7, 11) is 0. The van der Waals surface area contributed by atoms with Gasteiger partial charge in [-0.15, -0.1) is 0 Å². The molecule has 1 aromatic rings. The molecule has 1 unspecified atom stereocenters. The third-order valence-electron chi connectivity index (χ3n) is 3.05. The summed E-state index contributed by atoms with van der Waals surface area (Å²) in [5, 5.41) is 0. The third kappa shape index (κ3) is 3.44. The SMILES string of the molecule is Cc1ccc(/C=C/C(=O)N2CCOC(C)C2)cc1. The molecule has 0 radical (unpaired) electrons. The summed E-state index contributed by atoms with van der Waals surface area (Å²) in [4.78, 5) is 13.8. The van der Waals surface area contributed by atoms with Gasteiger partial charge in [0.1, 0.15) is 0 Å². The maximum absolute atomic E-state index is 12.0. The van der Waals surface area contributed by atoms with E-state index in [1.807, 2.05) is 49.1 Å². The van der Waals surface area contributed by atoms with Gasteiger partial charge in [-0.3, -0.25) is 4.79 Å². The molecule has 96 valence electrons. The summed E-state index contributed by atoms with van der Waals surface area (Å²) >= 11 is 0. The van der Waals surface area contributed by atoms with Gasteiger partial charge < -0.3 is 9.64 Å². The number of hydrogen-bond donors (Lipinski definition) is 0. The zero-order valence-electron chi connectivity index (χ0n) is 10.9. The Labute approximate surface area is 108 Å². The van der Waals surface area contributed by atoms with Gasteiger partial charge in [0.2, 0.25) is 5.91 Å². The van der Waals surface area contributed by atoms with Gasteiger partial charge in [-0.05, 0) is 25.5 Å². The third-order valence-corrected chi connectivity index (χ3v) is 3.05. The van der Waals surface area contributed by atoms with Crippen LogP contribution in [0.5, 0.6) is 0 Å². The van der Waals surface area contributed by atoms with Gasteiger partial charge in [-0.25, -0.2) is 0 Å². The number of ether oxygens (including phenoxy) is 1. The van der Waals surface area contributed by atoms with Crippen LogP contribution in [0.3, 0.4) is 0 Å². The molecule has 3 nitrogen and oxygen atoms in total. The number of amides is 1. The Kier molecular flexibility index (Phi) is 4.15. The van der Waals surface area contributed by atoms with Crippen molar-refractivity contribution in [2.24, 2.45) is 0 Å². The average molecular weight is 245 g/mol. The topological polar surface area (TPSA) is 29.5 Å². The maximum atomic E-state index is 12.0. The standard InChI is InChI=1S/C15H19NO2/c1-12-3-5-14(6-4-12)7-8-15(17)16-9-10-18-13(2)11-16/h3-8,13H,9-11H2,1-2H3/b8-7+. The molecule has 0 aliphatic carbocycles. The van der Waals surface area contributed by atoms with Crippen molar-refractivity contribution in [3.8, 4) is 0 Å². The Morgan fingerprint density at radius 2 is 2.11 bits per heavy atom. The highest BCUT2D eigenvalue weighted by Gasteiger charge is 2.19. The minimum atomic E-state index is 0.0609. The fraction of sp³-hybridized carbons (Fsp3) is 0.400. The molecule has 1 heterocycles. The van der Waals surface area contributed by atoms with Crippen LogP contribution in [0.25, 0.3) is 6.08 Å². The predicted octanol–water partition coefficient (Wildman–Crippen LogP) is 2.26. The first kappa shape index (κ1) is 12.8. The molecule has 3 heteroatoms. The van der Waals surface area contributed by atoms with E-state index < -0.39 is 0 Å².